The van der Waals surface area contributed by atoms with Gasteiger partial charge in [0, 0.05) is 12.8 Å². The molecule has 0 aromatic carbocycles. The summed E-state index contributed by atoms with van der Waals surface area (Å²) in [4.78, 5) is 10.7. The number of hydrogen-bond donors (Lipinski definition) is 0. The second kappa shape index (κ2) is 6.18. The second-order valence-electron chi connectivity index (χ2n) is 4.36. The van der Waals surface area contributed by atoms with Crippen molar-refractivity contribution in [2.75, 3.05) is 0 Å². The molecule has 2 heteroatoms. The number of hydrogen-bond acceptors (Lipinski definition) is 2. The van der Waals surface area contributed by atoms with Crippen LogP contribution in [0.15, 0.2) is 0 Å². The van der Waals surface area contributed by atoms with E-state index in [0.717, 1.165) is 6.42 Å². The molecule has 0 saturated heterocycles. The van der Waals surface area contributed by atoms with Crippen LogP contribution in [0.2, 0.25) is 0 Å². The summed E-state index contributed by atoms with van der Waals surface area (Å²) in [6.07, 6.45) is 8.21. The van der Waals surface area contributed by atoms with Gasteiger partial charge < -0.3 is 4.74 Å². The molecule has 1 aliphatic rings. The van der Waals surface area contributed by atoms with Gasteiger partial charge in [0.05, 0.1) is 12.2 Å². The summed E-state index contributed by atoms with van der Waals surface area (Å²) >= 11 is 0. The Morgan fingerprint density at radius 1 is 1.36 bits per heavy atom. The van der Waals surface area contributed by atoms with Crippen molar-refractivity contribution in [1.82, 2.24) is 0 Å². The van der Waals surface area contributed by atoms with Crippen LogP contribution in [0.5, 0.6) is 0 Å². The van der Waals surface area contributed by atoms with Crippen LogP contribution in [0.1, 0.15) is 58.8 Å². The molecule has 0 aliphatic heterocycles. The van der Waals surface area contributed by atoms with Crippen LogP contribution in [0.3, 0.4) is 0 Å². The molecular formula is C12H22O2. The van der Waals surface area contributed by atoms with Gasteiger partial charge in [-0.25, -0.2) is 0 Å². The summed E-state index contributed by atoms with van der Waals surface area (Å²) in [7, 11) is 0. The van der Waals surface area contributed by atoms with Crippen molar-refractivity contribution in [3.63, 3.8) is 0 Å². The molecule has 14 heavy (non-hydrogen) atoms. The van der Waals surface area contributed by atoms with Crippen LogP contribution in [0.25, 0.3) is 0 Å². The molecule has 1 aliphatic carbocycles. The number of ether oxygens (including phenoxy) is 1. The lowest BCUT2D eigenvalue weighted by atomic mass is 9.94. The van der Waals surface area contributed by atoms with Crippen molar-refractivity contribution in [1.29, 1.82) is 0 Å². The number of rotatable bonds is 7. The third-order valence-electron chi connectivity index (χ3n) is 2.80. The smallest absolute Gasteiger partial charge is 0.138 e. The van der Waals surface area contributed by atoms with Crippen molar-refractivity contribution in [2.45, 2.75) is 71.0 Å². The zero-order valence-electron chi connectivity index (χ0n) is 9.42. The van der Waals surface area contributed by atoms with Gasteiger partial charge in [-0.15, -0.1) is 0 Å². The van der Waals surface area contributed by atoms with Crippen molar-refractivity contribution in [2.24, 2.45) is 0 Å². The molecule has 0 aromatic heterocycles. The molecule has 1 saturated carbocycles. The largest absolute Gasteiger partial charge is 0.374 e. The Balaban J connectivity index is 1.93. The molecule has 1 unspecified atom stereocenters. The Kier molecular flexibility index (Phi) is 5.16. The first kappa shape index (κ1) is 11.7. The maximum Gasteiger partial charge on any atom is 0.138 e. The van der Waals surface area contributed by atoms with Crippen molar-refractivity contribution < 1.29 is 9.53 Å². The summed E-state index contributed by atoms with van der Waals surface area (Å²) in [5.41, 5.74) is 0. The van der Waals surface area contributed by atoms with Crippen molar-refractivity contribution >= 4 is 5.78 Å². The Hall–Kier alpha value is -0.370. The number of carbonyl (C=O) groups excluding carboxylic acids is 1. The van der Waals surface area contributed by atoms with E-state index in [9.17, 15) is 4.79 Å². The molecule has 0 bridgehead atoms. The third-order valence-corrected chi connectivity index (χ3v) is 2.80. The SMILES string of the molecule is CCCCCCC(C)OC1CC(=O)C1. The third kappa shape index (κ3) is 4.23. The van der Waals surface area contributed by atoms with E-state index in [0.29, 0.717) is 24.7 Å². The zero-order valence-corrected chi connectivity index (χ0v) is 9.42. The predicted molar refractivity (Wildman–Crippen MR) is 57.3 cm³/mol. The van der Waals surface area contributed by atoms with E-state index in [2.05, 4.69) is 13.8 Å². The summed E-state index contributed by atoms with van der Waals surface area (Å²) in [5, 5.41) is 0. The number of carbonyl (C=O) groups is 1. The van der Waals surface area contributed by atoms with Crippen molar-refractivity contribution in [3.8, 4) is 0 Å². The fraction of sp³-hybridized carbons (Fsp3) is 0.917. The average Bonchev–Trinajstić information content (AvgIpc) is 2.10. The highest BCUT2D eigenvalue weighted by atomic mass is 16.5. The van der Waals surface area contributed by atoms with Gasteiger partial charge in [-0.1, -0.05) is 32.6 Å². The Labute approximate surface area is 87.0 Å². The maximum absolute atomic E-state index is 10.7. The van der Waals surface area contributed by atoms with Gasteiger partial charge in [-0.3, -0.25) is 4.79 Å². The van der Waals surface area contributed by atoms with Gasteiger partial charge in [0.2, 0.25) is 0 Å². The van der Waals surface area contributed by atoms with Crippen LogP contribution >= 0.6 is 0 Å². The van der Waals surface area contributed by atoms with Gasteiger partial charge in [0.1, 0.15) is 5.78 Å². The molecule has 0 amide bonds. The summed E-state index contributed by atoms with van der Waals surface area (Å²) < 4.78 is 5.72. The lowest BCUT2D eigenvalue weighted by Gasteiger charge is -2.27. The molecular weight excluding hydrogens is 176 g/mol. The highest BCUT2D eigenvalue weighted by Gasteiger charge is 2.28. The highest BCUT2D eigenvalue weighted by Crippen LogP contribution is 2.21. The molecule has 1 rings (SSSR count). The Bertz CT molecular complexity index is 169. The van der Waals surface area contributed by atoms with E-state index in [-0.39, 0.29) is 6.10 Å². The molecule has 0 N–H and O–H groups in total. The minimum absolute atomic E-state index is 0.240. The van der Waals surface area contributed by atoms with E-state index in [1.54, 1.807) is 0 Å². The molecule has 82 valence electrons. The molecule has 0 spiro atoms. The van der Waals surface area contributed by atoms with E-state index < -0.39 is 0 Å². The van der Waals surface area contributed by atoms with Gasteiger partial charge in [0.15, 0.2) is 0 Å². The first-order valence-electron chi connectivity index (χ1n) is 5.89. The first-order valence-corrected chi connectivity index (χ1v) is 5.89. The molecule has 1 atom stereocenters. The second-order valence-corrected chi connectivity index (χ2v) is 4.36. The minimum atomic E-state index is 0.240. The fourth-order valence-electron chi connectivity index (χ4n) is 1.80. The van der Waals surface area contributed by atoms with Crippen LogP contribution in [0, 0.1) is 0 Å². The monoisotopic (exact) mass is 198 g/mol. The van der Waals surface area contributed by atoms with E-state index in [1.165, 1.54) is 25.7 Å². The number of ketones is 1. The van der Waals surface area contributed by atoms with Crippen LogP contribution in [0.4, 0.5) is 0 Å². The highest BCUT2D eigenvalue weighted by molar-refractivity contribution is 5.85. The van der Waals surface area contributed by atoms with E-state index >= 15 is 0 Å². The predicted octanol–water partition coefficient (Wildman–Crippen LogP) is 3.09. The normalized spacial score (nSPS) is 19.4. The summed E-state index contributed by atoms with van der Waals surface area (Å²) in [6, 6.07) is 0. The summed E-state index contributed by atoms with van der Waals surface area (Å²) in [5.74, 6) is 0.355. The first-order chi connectivity index (χ1) is 6.72. The quantitative estimate of drug-likeness (QED) is 0.588. The number of unbranched alkanes of at least 4 members (excludes halogenated alkanes) is 3. The zero-order chi connectivity index (χ0) is 10.4. The van der Waals surface area contributed by atoms with Crippen molar-refractivity contribution in [3.05, 3.63) is 0 Å². The van der Waals surface area contributed by atoms with Crippen LogP contribution in [-0.4, -0.2) is 18.0 Å². The molecule has 2 nitrogen and oxygen atoms in total. The minimum Gasteiger partial charge on any atom is -0.374 e. The molecule has 0 aromatic rings. The fourth-order valence-corrected chi connectivity index (χ4v) is 1.80. The molecule has 1 fully saturated rings. The lowest BCUT2D eigenvalue weighted by Crippen LogP contribution is -2.34. The average molecular weight is 198 g/mol. The molecule has 0 heterocycles. The van der Waals surface area contributed by atoms with E-state index in [1.807, 2.05) is 0 Å². The summed E-state index contributed by atoms with van der Waals surface area (Å²) in [6.45, 7) is 4.34. The van der Waals surface area contributed by atoms with Gasteiger partial charge >= 0.3 is 0 Å². The molecule has 0 radical (unpaired) electrons. The number of Topliss-reactive ketones (excluding diaryl/α,β-unsaturated/α-hetero) is 1. The standard InChI is InChI=1S/C12H22O2/c1-3-4-5-6-7-10(2)14-12-8-11(13)9-12/h10,12H,3-9H2,1-2H3. The van der Waals surface area contributed by atoms with Crippen LogP contribution in [-0.2, 0) is 9.53 Å². The Morgan fingerprint density at radius 3 is 2.64 bits per heavy atom. The van der Waals surface area contributed by atoms with Crippen LogP contribution < -0.4 is 0 Å². The van der Waals surface area contributed by atoms with Gasteiger partial charge in [-0.05, 0) is 13.3 Å². The Morgan fingerprint density at radius 2 is 2.07 bits per heavy atom. The van der Waals surface area contributed by atoms with Gasteiger partial charge in [0.25, 0.3) is 0 Å². The van der Waals surface area contributed by atoms with Gasteiger partial charge in [-0.2, -0.15) is 0 Å². The topological polar surface area (TPSA) is 26.3 Å². The van der Waals surface area contributed by atoms with E-state index in [4.69, 9.17) is 4.74 Å². The lowest BCUT2D eigenvalue weighted by molar-refractivity contribution is -0.137. The maximum atomic E-state index is 10.7.